The summed E-state index contributed by atoms with van der Waals surface area (Å²) < 4.78 is 25.3. The number of hydrogen-bond donors (Lipinski definition) is 0. The lowest BCUT2D eigenvalue weighted by molar-refractivity contribution is 0.236. The molecule has 4 nitrogen and oxygen atoms in total. The highest BCUT2D eigenvalue weighted by Crippen LogP contribution is 2.56. The lowest BCUT2D eigenvalue weighted by atomic mass is 10.1. The molecule has 0 radical (unpaired) electrons. The summed E-state index contributed by atoms with van der Waals surface area (Å²) in [4.78, 5) is 0. The van der Waals surface area contributed by atoms with Crippen LogP contribution in [0.5, 0.6) is 17.2 Å². The Bertz CT molecular complexity index is 1810. The molecule has 0 unspecified atom stereocenters. The number of unbranched alkanes of at least 4 members (excludes halogenated alkanes) is 3. The Balaban J connectivity index is 1.69. The number of hydrogen-bond acceptors (Lipinski definition) is 4. The van der Waals surface area contributed by atoms with Gasteiger partial charge in [0.2, 0.25) is 0 Å². The van der Waals surface area contributed by atoms with E-state index in [1.165, 1.54) is 45.5 Å². The van der Waals surface area contributed by atoms with Gasteiger partial charge in [0.1, 0.15) is 40.4 Å². The first-order valence-electron chi connectivity index (χ1n) is 19.6. The van der Waals surface area contributed by atoms with Crippen molar-refractivity contribution in [1.29, 1.82) is 0 Å². The molecule has 0 aliphatic rings. The molecule has 0 aliphatic heterocycles. The van der Waals surface area contributed by atoms with Crippen LogP contribution in [0.3, 0.4) is 0 Å². The second-order valence-corrected chi connectivity index (χ2v) is 22.8. The van der Waals surface area contributed by atoms with Crippen molar-refractivity contribution in [3.63, 3.8) is 0 Å². The Hall–Kier alpha value is -4.41. The average Bonchev–Trinajstić information content (AvgIpc) is 3.22. The van der Waals surface area contributed by atoms with Crippen molar-refractivity contribution in [1.82, 2.24) is 0 Å². The number of benzene rings is 5. The van der Waals surface area contributed by atoms with Crippen molar-refractivity contribution in [3.05, 3.63) is 158 Å². The highest BCUT2D eigenvalue weighted by molar-refractivity contribution is 7.95. The van der Waals surface area contributed by atoms with Crippen molar-refractivity contribution in [2.45, 2.75) is 70.9 Å². The van der Waals surface area contributed by atoms with Gasteiger partial charge in [-0.15, -0.1) is 0 Å². The van der Waals surface area contributed by atoms with Crippen LogP contribution in [0.25, 0.3) is 0 Å². The van der Waals surface area contributed by atoms with Crippen LogP contribution >= 0.6 is 7.26 Å². The van der Waals surface area contributed by atoms with E-state index in [0.717, 1.165) is 36.3 Å². The molecule has 5 rings (SSSR count). The normalized spacial score (nSPS) is 12.9. The first-order valence-corrected chi connectivity index (χ1v) is 23.5. The standard InChI is InChI=1S/C49H60O4PSi/c1-8-9-10-11-12-15-24-40(53-55(49(2,3)4,47-32-16-13-17-33-47)48-34-18-14-19-35-48)28-23-36-54(44-29-20-25-41(37-44)50-5,45-30-21-26-42(38-45)51-6)46-31-22-27-43(39-46)52-7/h12-23,25-35,37-40H,8-11,24,36H2,1-7H3/q+1/b15-12-,28-23+/t40-/m0/s1. The third kappa shape index (κ3) is 9.88. The van der Waals surface area contributed by atoms with Crippen molar-refractivity contribution < 1.29 is 18.6 Å². The Morgan fingerprint density at radius 2 is 1.05 bits per heavy atom. The lowest BCUT2D eigenvalue weighted by Crippen LogP contribution is -2.67. The third-order valence-electron chi connectivity index (χ3n) is 10.5. The van der Waals surface area contributed by atoms with Crippen LogP contribution in [0.2, 0.25) is 5.04 Å². The molecule has 0 amide bonds. The van der Waals surface area contributed by atoms with Crippen molar-refractivity contribution in [2.75, 3.05) is 27.5 Å². The van der Waals surface area contributed by atoms with Crippen molar-refractivity contribution in [2.24, 2.45) is 0 Å². The van der Waals surface area contributed by atoms with E-state index in [9.17, 15) is 0 Å². The van der Waals surface area contributed by atoms with E-state index in [1.54, 1.807) is 21.3 Å². The van der Waals surface area contributed by atoms with Crippen molar-refractivity contribution >= 4 is 41.9 Å². The Labute approximate surface area is 332 Å². The van der Waals surface area contributed by atoms with Gasteiger partial charge >= 0.3 is 0 Å². The molecule has 0 spiro atoms. The minimum atomic E-state index is -2.84. The molecule has 6 heteroatoms. The third-order valence-corrected chi connectivity index (χ3v) is 19.8. The maximum atomic E-state index is 7.80. The summed E-state index contributed by atoms with van der Waals surface area (Å²) in [5.74, 6) is 2.49. The average molecular weight is 772 g/mol. The second kappa shape index (κ2) is 20.0. The van der Waals surface area contributed by atoms with Gasteiger partial charge in [0.25, 0.3) is 8.32 Å². The first-order chi connectivity index (χ1) is 26.7. The molecule has 0 fully saturated rings. The molecule has 5 aromatic carbocycles. The summed E-state index contributed by atoms with van der Waals surface area (Å²) in [6.45, 7) is 9.32. The van der Waals surface area contributed by atoms with Gasteiger partial charge in [-0.05, 0) is 77.1 Å². The van der Waals surface area contributed by atoms with Gasteiger partial charge in [0, 0.05) is 18.2 Å². The SMILES string of the molecule is CCCCC/C=C\C[C@@H](/C=C/C[P+](c1cccc(OC)c1)(c1cccc(OC)c1)c1cccc(OC)c1)O[Si](c1ccccc1)(c1ccccc1)C(C)(C)C. The van der Waals surface area contributed by atoms with Gasteiger partial charge in [-0.1, -0.05) is 138 Å². The smallest absolute Gasteiger partial charge is 0.261 e. The first kappa shape index (κ1) is 41.7. The maximum Gasteiger partial charge on any atom is 0.261 e. The largest absolute Gasteiger partial charge is 0.497 e. The minimum Gasteiger partial charge on any atom is -0.497 e. The highest BCUT2D eigenvalue weighted by atomic mass is 31.2. The summed E-state index contributed by atoms with van der Waals surface area (Å²) in [7, 11) is -0.00230. The molecule has 0 heterocycles. The Morgan fingerprint density at radius 3 is 1.47 bits per heavy atom. The molecule has 0 aliphatic carbocycles. The van der Waals surface area contributed by atoms with E-state index < -0.39 is 15.6 Å². The molecule has 5 aromatic rings. The summed E-state index contributed by atoms with van der Waals surface area (Å²) in [6.07, 6.45) is 15.6. The summed E-state index contributed by atoms with van der Waals surface area (Å²) >= 11 is 0. The van der Waals surface area contributed by atoms with Crippen LogP contribution in [-0.2, 0) is 4.43 Å². The van der Waals surface area contributed by atoms with Crippen molar-refractivity contribution in [3.8, 4) is 17.2 Å². The number of allylic oxidation sites excluding steroid dienone is 2. The van der Waals surface area contributed by atoms with Gasteiger partial charge in [0.05, 0.1) is 33.6 Å². The van der Waals surface area contributed by atoms with E-state index in [1.807, 2.05) is 18.2 Å². The quantitative estimate of drug-likeness (QED) is 0.0363. The Morgan fingerprint density at radius 1 is 0.582 bits per heavy atom. The van der Waals surface area contributed by atoms with Crippen LogP contribution in [0.4, 0.5) is 0 Å². The van der Waals surface area contributed by atoms with E-state index >= 15 is 0 Å². The van der Waals surface area contributed by atoms with Crippen LogP contribution in [0, 0.1) is 0 Å². The number of ether oxygens (including phenoxy) is 3. The van der Waals surface area contributed by atoms with Gasteiger partial charge in [-0.3, -0.25) is 0 Å². The van der Waals surface area contributed by atoms with Crippen LogP contribution in [-0.4, -0.2) is 41.9 Å². The summed E-state index contributed by atoms with van der Waals surface area (Å²) in [5, 5.41) is 6.08. The molecule has 0 saturated heterocycles. The van der Waals surface area contributed by atoms with E-state index in [0.29, 0.717) is 0 Å². The fraction of sp³-hybridized carbons (Fsp3) is 0.306. The van der Waals surface area contributed by atoms with Gasteiger partial charge in [-0.25, -0.2) is 0 Å². The zero-order valence-corrected chi connectivity index (χ0v) is 35.8. The predicted molar refractivity (Wildman–Crippen MR) is 239 cm³/mol. The molecule has 0 aromatic heterocycles. The number of rotatable bonds is 19. The summed E-state index contributed by atoms with van der Waals surface area (Å²) in [5.41, 5.74) is 0. The van der Waals surface area contributed by atoms with E-state index in [-0.39, 0.29) is 11.1 Å². The molecule has 288 valence electrons. The molecule has 0 N–H and O–H groups in total. The van der Waals surface area contributed by atoms with Gasteiger partial charge in [-0.2, -0.15) is 0 Å². The van der Waals surface area contributed by atoms with Crippen LogP contribution < -0.4 is 40.5 Å². The molecule has 0 bridgehead atoms. The fourth-order valence-corrected chi connectivity index (χ4v) is 16.3. The number of methoxy groups -OCH3 is 3. The zero-order chi connectivity index (χ0) is 39.2. The van der Waals surface area contributed by atoms with Gasteiger partial charge in [0.15, 0.2) is 0 Å². The van der Waals surface area contributed by atoms with Crippen LogP contribution in [0.1, 0.15) is 59.8 Å². The van der Waals surface area contributed by atoms with Gasteiger partial charge < -0.3 is 18.6 Å². The monoisotopic (exact) mass is 771 g/mol. The topological polar surface area (TPSA) is 36.9 Å². The maximum absolute atomic E-state index is 7.80. The highest BCUT2D eigenvalue weighted by Gasteiger charge is 2.51. The van der Waals surface area contributed by atoms with E-state index in [4.69, 9.17) is 18.6 Å². The fourth-order valence-electron chi connectivity index (χ4n) is 7.62. The molecule has 0 saturated carbocycles. The molecule has 55 heavy (non-hydrogen) atoms. The molecular formula is C49H60O4PSi+. The predicted octanol–water partition coefficient (Wildman–Crippen LogP) is 10.0. The molecular weight excluding hydrogens is 712 g/mol. The lowest BCUT2D eigenvalue weighted by Gasteiger charge is -2.44. The molecule has 1 atom stereocenters. The minimum absolute atomic E-state index is 0.148. The Kier molecular flexibility index (Phi) is 15.1. The van der Waals surface area contributed by atoms with E-state index in [2.05, 4.69) is 167 Å². The summed E-state index contributed by atoms with van der Waals surface area (Å²) in [6, 6.07) is 47.7. The van der Waals surface area contributed by atoms with Crippen LogP contribution in [0.15, 0.2) is 158 Å². The second-order valence-electron chi connectivity index (χ2n) is 15.0. The zero-order valence-electron chi connectivity index (χ0n) is 33.9.